The first-order chi connectivity index (χ1) is 10.4. The second kappa shape index (κ2) is 6.79. The summed E-state index contributed by atoms with van der Waals surface area (Å²) in [5.41, 5.74) is 0.194. The molecule has 6 heteroatoms. The Hall–Kier alpha value is -2.08. The predicted molar refractivity (Wildman–Crippen MR) is 78.5 cm³/mol. The Kier molecular flexibility index (Phi) is 5.03. The van der Waals surface area contributed by atoms with E-state index in [2.05, 4.69) is 10.3 Å². The fourth-order valence-corrected chi connectivity index (χ4v) is 2.01. The first-order valence-corrected chi connectivity index (χ1v) is 6.88. The molecular formula is C16H17F3N2O. The maximum Gasteiger partial charge on any atom is 0.417 e. The summed E-state index contributed by atoms with van der Waals surface area (Å²) in [6, 6.07) is 11.4. The molecule has 2 unspecified atom stereocenters. The van der Waals surface area contributed by atoms with E-state index in [0.717, 1.165) is 17.8 Å². The number of pyridine rings is 1. The average Bonchev–Trinajstić information content (AvgIpc) is 2.48. The molecule has 0 fully saturated rings. The van der Waals surface area contributed by atoms with Crippen molar-refractivity contribution >= 4 is 5.82 Å². The number of halogens is 3. The van der Waals surface area contributed by atoms with Crippen LogP contribution in [0, 0.1) is 0 Å². The molecule has 0 aliphatic heterocycles. The van der Waals surface area contributed by atoms with Crippen molar-refractivity contribution in [3.05, 3.63) is 59.8 Å². The minimum absolute atomic E-state index is 0.299. The van der Waals surface area contributed by atoms with Gasteiger partial charge in [0.2, 0.25) is 0 Å². The highest BCUT2D eigenvalue weighted by Crippen LogP contribution is 2.28. The van der Waals surface area contributed by atoms with Gasteiger partial charge in [-0.3, -0.25) is 0 Å². The fraction of sp³-hybridized carbons (Fsp3) is 0.312. The lowest BCUT2D eigenvalue weighted by atomic mass is 10.0. The molecule has 2 N–H and O–H groups in total. The van der Waals surface area contributed by atoms with Crippen LogP contribution in [0.4, 0.5) is 19.0 Å². The summed E-state index contributed by atoms with van der Waals surface area (Å²) >= 11 is 0. The van der Waals surface area contributed by atoms with Crippen LogP contribution < -0.4 is 5.32 Å². The monoisotopic (exact) mass is 310 g/mol. The molecule has 0 aliphatic carbocycles. The minimum atomic E-state index is -4.40. The third kappa shape index (κ3) is 4.46. The highest BCUT2D eigenvalue weighted by Gasteiger charge is 2.30. The van der Waals surface area contributed by atoms with E-state index in [4.69, 9.17) is 0 Å². The highest BCUT2D eigenvalue weighted by molar-refractivity contribution is 5.37. The summed E-state index contributed by atoms with van der Waals surface area (Å²) in [4.78, 5) is 3.73. The van der Waals surface area contributed by atoms with Gasteiger partial charge < -0.3 is 10.4 Å². The number of rotatable bonds is 5. The molecule has 3 nitrogen and oxygen atoms in total. The molecule has 0 radical (unpaired) electrons. The molecule has 22 heavy (non-hydrogen) atoms. The van der Waals surface area contributed by atoms with Gasteiger partial charge in [0.15, 0.2) is 0 Å². The molecule has 0 saturated heterocycles. The van der Waals surface area contributed by atoms with Gasteiger partial charge in [-0.15, -0.1) is 0 Å². The SMILES string of the molecule is CC(Nc1ccc(C(F)(F)F)cn1)C(O)Cc1ccccc1. The lowest BCUT2D eigenvalue weighted by molar-refractivity contribution is -0.137. The number of nitrogens with zero attached hydrogens (tertiary/aromatic N) is 1. The van der Waals surface area contributed by atoms with E-state index >= 15 is 0 Å². The van der Waals surface area contributed by atoms with Crippen LogP contribution in [0.5, 0.6) is 0 Å². The molecule has 1 aromatic heterocycles. The van der Waals surface area contributed by atoms with Gasteiger partial charge in [-0.2, -0.15) is 13.2 Å². The van der Waals surface area contributed by atoms with Gasteiger partial charge in [-0.05, 0) is 24.6 Å². The van der Waals surface area contributed by atoms with Crippen molar-refractivity contribution in [2.75, 3.05) is 5.32 Å². The summed E-state index contributed by atoms with van der Waals surface area (Å²) < 4.78 is 37.4. The lowest BCUT2D eigenvalue weighted by Crippen LogP contribution is -2.32. The maximum atomic E-state index is 12.5. The summed E-state index contributed by atoms with van der Waals surface area (Å²) in [7, 11) is 0. The third-order valence-corrected chi connectivity index (χ3v) is 3.33. The van der Waals surface area contributed by atoms with Crippen molar-refractivity contribution in [1.82, 2.24) is 4.98 Å². The van der Waals surface area contributed by atoms with Crippen molar-refractivity contribution in [2.45, 2.75) is 31.7 Å². The van der Waals surface area contributed by atoms with Crippen molar-refractivity contribution in [1.29, 1.82) is 0 Å². The molecular weight excluding hydrogens is 293 g/mol. The van der Waals surface area contributed by atoms with Crippen LogP contribution in [-0.4, -0.2) is 22.2 Å². The van der Waals surface area contributed by atoms with Gasteiger partial charge in [0.1, 0.15) is 5.82 Å². The Labute approximate surface area is 126 Å². The zero-order chi connectivity index (χ0) is 16.2. The highest BCUT2D eigenvalue weighted by atomic mass is 19.4. The van der Waals surface area contributed by atoms with E-state index in [0.29, 0.717) is 12.2 Å². The van der Waals surface area contributed by atoms with E-state index in [9.17, 15) is 18.3 Å². The second-order valence-electron chi connectivity index (χ2n) is 5.12. The summed E-state index contributed by atoms with van der Waals surface area (Å²) in [6.07, 6.45) is -3.84. The molecule has 2 rings (SSSR count). The van der Waals surface area contributed by atoms with Crippen molar-refractivity contribution in [3.63, 3.8) is 0 Å². The van der Waals surface area contributed by atoms with Crippen LogP contribution in [0.25, 0.3) is 0 Å². The van der Waals surface area contributed by atoms with Crippen LogP contribution in [-0.2, 0) is 12.6 Å². The Morgan fingerprint density at radius 2 is 1.82 bits per heavy atom. The quantitative estimate of drug-likeness (QED) is 0.888. The van der Waals surface area contributed by atoms with Crippen LogP contribution in [0.2, 0.25) is 0 Å². The number of anilines is 1. The van der Waals surface area contributed by atoms with Gasteiger partial charge in [-0.1, -0.05) is 30.3 Å². The van der Waals surface area contributed by atoms with Crippen LogP contribution >= 0.6 is 0 Å². The average molecular weight is 310 g/mol. The van der Waals surface area contributed by atoms with Crippen LogP contribution in [0.1, 0.15) is 18.1 Å². The summed E-state index contributed by atoms with van der Waals surface area (Å²) in [5.74, 6) is 0.299. The normalized spacial score (nSPS) is 14.4. The number of aliphatic hydroxyl groups excluding tert-OH is 1. The molecule has 0 spiro atoms. The first kappa shape index (κ1) is 16.3. The summed E-state index contributed by atoms with van der Waals surface area (Å²) in [6.45, 7) is 1.76. The van der Waals surface area contributed by atoms with E-state index in [1.54, 1.807) is 6.92 Å². The van der Waals surface area contributed by atoms with E-state index in [1.807, 2.05) is 30.3 Å². The first-order valence-electron chi connectivity index (χ1n) is 6.88. The second-order valence-corrected chi connectivity index (χ2v) is 5.12. The fourth-order valence-electron chi connectivity index (χ4n) is 2.01. The molecule has 0 amide bonds. The molecule has 1 aromatic carbocycles. The van der Waals surface area contributed by atoms with Crippen molar-refractivity contribution < 1.29 is 18.3 Å². The lowest BCUT2D eigenvalue weighted by Gasteiger charge is -2.21. The van der Waals surface area contributed by atoms with Crippen LogP contribution in [0.3, 0.4) is 0 Å². The zero-order valence-electron chi connectivity index (χ0n) is 12.0. The van der Waals surface area contributed by atoms with E-state index in [-0.39, 0.29) is 6.04 Å². The molecule has 118 valence electrons. The van der Waals surface area contributed by atoms with Crippen molar-refractivity contribution in [2.24, 2.45) is 0 Å². The van der Waals surface area contributed by atoms with Gasteiger partial charge in [0.05, 0.1) is 17.7 Å². The number of hydrogen-bond acceptors (Lipinski definition) is 3. The largest absolute Gasteiger partial charge is 0.417 e. The van der Waals surface area contributed by atoms with Crippen LogP contribution in [0.15, 0.2) is 48.7 Å². The topological polar surface area (TPSA) is 45.2 Å². The Morgan fingerprint density at radius 1 is 1.14 bits per heavy atom. The maximum absolute atomic E-state index is 12.5. The standard InChI is InChI=1S/C16H17F3N2O/c1-11(14(22)9-12-5-3-2-4-6-12)21-15-8-7-13(10-20-15)16(17,18)19/h2-8,10-11,14,22H,9H2,1H3,(H,20,21). The molecule has 0 saturated carbocycles. The van der Waals surface area contributed by atoms with Crippen molar-refractivity contribution in [3.8, 4) is 0 Å². The number of hydrogen-bond donors (Lipinski definition) is 2. The summed E-state index contributed by atoms with van der Waals surface area (Å²) in [5, 5.41) is 13.1. The Morgan fingerprint density at radius 3 is 2.36 bits per heavy atom. The number of benzene rings is 1. The molecule has 2 aromatic rings. The molecule has 0 aliphatic rings. The number of aliphatic hydroxyl groups is 1. The zero-order valence-corrected chi connectivity index (χ0v) is 12.0. The smallest absolute Gasteiger partial charge is 0.391 e. The minimum Gasteiger partial charge on any atom is -0.391 e. The Balaban J connectivity index is 1.95. The molecule has 2 atom stereocenters. The number of nitrogens with one attached hydrogen (secondary N) is 1. The van der Waals surface area contributed by atoms with Gasteiger partial charge in [-0.25, -0.2) is 4.98 Å². The van der Waals surface area contributed by atoms with E-state index in [1.165, 1.54) is 6.07 Å². The molecule has 0 bridgehead atoms. The predicted octanol–water partition coefficient (Wildman–Crippen LogP) is 3.50. The Bertz CT molecular complexity index is 585. The third-order valence-electron chi connectivity index (χ3n) is 3.33. The number of aromatic nitrogens is 1. The van der Waals surface area contributed by atoms with Gasteiger partial charge >= 0.3 is 6.18 Å². The van der Waals surface area contributed by atoms with Gasteiger partial charge in [0, 0.05) is 12.6 Å². The van der Waals surface area contributed by atoms with Gasteiger partial charge in [0.25, 0.3) is 0 Å². The number of alkyl halides is 3. The van der Waals surface area contributed by atoms with E-state index < -0.39 is 17.8 Å². The molecule has 1 heterocycles.